The quantitative estimate of drug-likeness (QED) is 0.852. The van der Waals surface area contributed by atoms with Crippen LogP contribution in [0.4, 0.5) is 0 Å². The Morgan fingerprint density at radius 2 is 2.21 bits per heavy atom. The van der Waals surface area contributed by atoms with Crippen molar-refractivity contribution in [2.45, 2.75) is 50.5 Å². The van der Waals surface area contributed by atoms with Crippen LogP contribution >= 0.6 is 0 Å². The van der Waals surface area contributed by atoms with Crippen LogP contribution in [0, 0.1) is 0 Å². The maximum absolute atomic E-state index is 12.5. The Morgan fingerprint density at radius 1 is 1.42 bits per heavy atom. The first-order chi connectivity index (χ1) is 9.29. The van der Waals surface area contributed by atoms with Crippen molar-refractivity contribution in [1.82, 2.24) is 10.1 Å². The van der Waals surface area contributed by atoms with Crippen molar-refractivity contribution >= 4 is 5.91 Å². The van der Waals surface area contributed by atoms with Gasteiger partial charge in [0.05, 0.1) is 0 Å². The molecule has 0 aromatic carbocycles. The Morgan fingerprint density at radius 3 is 2.79 bits per heavy atom. The number of carbonyl (C=O) groups is 1. The van der Waals surface area contributed by atoms with Crippen LogP contribution in [0.2, 0.25) is 0 Å². The summed E-state index contributed by atoms with van der Waals surface area (Å²) < 4.78 is 5.25. The molecule has 2 saturated carbocycles. The highest BCUT2D eigenvalue weighted by atomic mass is 16.5. The van der Waals surface area contributed by atoms with Crippen molar-refractivity contribution in [2.75, 3.05) is 13.2 Å². The predicted molar refractivity (Wildman–Crippen MR) is 68.9 cm³/mol. The largest absolute Gasteiger partial charge is 0.396 e. The molecule has 104 valence electrons. The van der Waals surface area contributed by atoms with E-state index in [-0.39, 0.29) is 12.5 Å². The number of nitrogens with zero attached hydrogens (tertiary/aromatic N) is 2. The molecule has 0 aliphatic heterocycles. The molecule has 5 heteroatoms. The number of aromatic nitrogens is 1. The maximum atomic E-state index is 12.5. The van der Waals surface area contributed by atoms with Gasteiger partial charge in [-0.3, -0.25) is 4.79 Å². The van der Waals surface area contributed by atoms with Crippen LogP contribution in [0.25, 0.3) is 0 Å². The first-order valence-electron chi connectivity index (χ1n) is 7.18. The van der Waals surface area contributed by atoms with Gasteiger partial charge in [-0.05, 0) is 38.5 Å². The van der Waals surface area contributed by atoms with E-state index in [1.807, 2.05) is 4.90 Å². The lowest BCUT2D eigenvalue weighted by molar-refractivity contribution is 0.0552. The van der Waals surface area contributed by atoms with Gasteiger partial charge in [0.2, 0.25) is 0 Å². The summed E-state index contributed by atoms with van der Waals surface area (Å²) >= 11 is 0. The van der Waals surface area contributed by atoms with Gasteiger partial charge in [-0.15, -0.1) is 0 Å². The van der Waals surface area contributed by atoms with E-state index < -0.39 is 0 Å². The Hall–Kier alpha value is -1.36. The van der Waals surface area contributed by atoms with Crippen LogP contribution in [0.5, 0.6) is 0 Å². The molecule has 1 amide bonds. The van der Waals surface area contributed by atoms with Crippen LogP contribution in [-0.4, -0.2) is 40.3 Å². The third kappa shape index (κ3) is 2.66. The van der Waals surface area contributed by atoms with Crippen LogP contribution in [0.15, 0.2) is 10.6 Å². The van der Waals surface area contributed by atoms with Crippen molar-refractivity contribution < 1.29 is 14.4 Å². The molecule has 0 radical (unpaired) electrons. The molecule has 2 aliphatic carbocycles. The van der Waals surface area contributed by atoms with Crippen LogP contribution in [-0.2, 0) is 0 Å². The number of aliphatic hydroxyl groups is 1. The summed E-state index contributed by atoms with van der Waals surface area (Å²) in [7, 11) is 0. The Kier molecular flexibility index (Phi) is 3.55. The molecule has 0 bridgehead atoms. The monoisotopic (exact) mass is 264 g/mol. The zero-order chi connectivity index (χ0) is 13.2. The van der Waals surface area contributed by atoms with Crippen LogP contribution < -0.4 is 0 Å². The summed E-state index contributed by atoms with van der Waals surface area (Å²) in [6.07, 6.45) is 6.20. The minimum absolute atomic E-state index is 0.0474. The highest BCUT2D eigenvalue weighted by Gasteiger charge is 2.33. The summed E-state index contributed by atoms with van der Waals surface area (Å²) in [5, 5.41) is 12.9. The highest BCUT2D eigenvalue weighted by molar-refractivity contribution is 5.92. The standard InChI is InChI=1S/C14H20N2O3/c17-8-2-7-16(11-3-1-4-11)14(18)12-9-13(19-15-12)10-5-6-10/h9-11,17H,1-8H2. The van der Waals surface area contributed by atoms with E-state index in [1.54, 1.807) is 6.07 Å². The van der Waals surface area contributed by atoms with E-state index in [9.17, 15) is 4.79 Å². The van der Waals surface area contributed by atoms with Crippen molar-refractivity contribution in [3.05, 3.63) is 17.5 Å². The fourth-order valence-electron chi connectivity index (χ4n) is 2.49. The number of hydrogen-bond donors (Lipinski definition) is 1. The number of carbonyl (C=O) groups excluding carboxylic acids is 1. The maximum Gasteiger partial charge on any atom is 0.276 e. The number of amides is 1. The van der Waals surface area contributed by atoms with Crippen molar-refractivity contribution in [3.63, 3.8) is 0 Å². The lowest BCUT2D eigenvalue weighted by atomic mass is 9.91. The molecule has 1 aromatic heterocycles. The molecule has 19 heavy (non-hydrogen) atoms. The molecule has 5 nitrogen and oxygen atoms in total. The number of aliphatic hydroxyl groups excluding tert-OH is 1. The second-order valence-electron chi connectivity index (χ2n) is 5.55. The van der Waals surface area contributed by atoms with Gasteiger partial charge in [0.1, 0.15) is 5.76 Å². The topological polar surface area (TPSA) is 66.6 Å². The minimum atomic E-state index is -0.0474. The Balaban J connectivity index is 1.69. The van der Waals surface area contributed by atoms with E-state index >= 15 is 0 Å². The molecule has 1 aromatic rings. The molecule has 0 saturated heterocycles. The van der Waals surface area contributed by atoms with E-state index in [1.165, 1.54) is 6.42 Å². The number of rotatable bonds is 6. The Labute approximate surface area is 112 Å². The van der Waals surface area contributed by atoms with Crippen molar-refractivity contribution in [2.24, 2.45) is 0 Å². The molecule has 2 aliphatic rings. The average molecular weight is 264 g/mol. The predicted octanol–water partition coefficient (Wildman–Crippen LogP) is 1.93. The average Bonchev–Trinajstić information content (AvgIpc) is 3.09. The summed E-state index contributed by atoms with van der Waals surface area (Å²) in [5.74, 6) is 1.27. The molecular weight excluding hydrogens is 244 g/mol. The molecule has 3 rings (SSSR count). The molecule has 1 N–H and O–H groups in total. The SMILES string of the molecule is O=C(c1cc(C2CC2)on1)N(CCCO)C1CCC1. The molecule has 2 fully saturated rings. The normalized spacial score (nSPS) is 19.2. The van der Waals surface area contributed by atoms with Crippen LogP contribution in [0.3, 0.4) is 0 Å². The minimum Gasteiger partial charge on any atom is -0.396 e. The summed E-state index contributed by atoms with van der Waals surface area (Å²) in [6.45, 7) is 0.717. The second-order valence-corrected chi connectivity index (χ2v) is 5.55. The smallest absolute Gasteiger partial charge is 0.276 e. The molecular formula is C14H20N2O3. The van der Waals surface area contributed by atoms with E-state index in [4.69, 9.17) is 9.63 Å². The highest BCUT2D eigenvalue weighted by Crippen LogP contribution is 2.40. The van der Waals surface area contributed by atoms with Crippen LogP contribution in [0.1, 0.15) is 60.7 Å². The van der Waals surface area contributed by atoms with Gasteiger partial charge in [-0.2, -0.15) is 0 Å². The van der Waals surface area contributed by atoms with Gasteiger partial charge in [-0.25, -0.2) is 0 Å². The van der Waals surface area contributed by atoms with Gasteiger partial charge in [0.25, 0.3) is 5.91 Å². The van der Waals surface area contributed by atoms with Gasteiger partial charge in [-0.1, -0.05) is 5.16 Å². The third-order valence-corrected chi connectivity index (χ3v) is 4.06. The zero-order valence-corrected chi connectivity index (χ0v) is 11.0. The van der Waals surface area contributed by atoms with Gasteiger partial charge in [0, 0.05) is 31.2 Å². The van der Waals surface area contributed by atoms with Gasteiger partial charge in [0.15, 0.2) is 5.69 Å². The summed E-state index contributed by atoms with van der Waals surface area (Å²) in [5.41, 5.74) is 0.423. The summed E-state index contributed by atoms with van der Waals surface area (Å²) in [4.78, 5) is 14.3. The van der Waals surface area contributed by atoms with E-state index in [0.29, 0.717) is 30.6 Å². The fraction of sp³-hybridized carbons (Fsp3) is 0.714. The molecule has 1 heterocycles. The second kappa shape index (κ2) is 5.33. The lowest BCUT2D eigenvalue weighted by Gasteiger charge is -2.37. The van der Waals surface area contributed by atoms with Crippen molar-refractivity contribution in [1.29, 1.82) is 0 Å². The molecule has 0 atom stereocenters. The summed E-state index contributed by atoms with van der Waals surface area (Å²) in [6, 6.07) is 2.12. The zero-order valence-electron chi connectivity index (χ0n) is 11.0. The lowest BCUT2D eigenvalue weighted by Crippen LogP contribution is -2.45. The third-order valence-electron chi connectivity index (χ3n) is 4.06. The molecule has 0 unspecified atom stereocenters. The number of hydrogen-bond acceptors (Lipinski definition) is 4. The van der Waals surface area contributed by atoms with Gasteiger partial charge >= 0.3 is 0 Å². The Bertz CT molecular complexity index is 449. The van der Waals surface area contributed by atoms with Gasteiger partial charge < -0.3 is 14.5 Å². The van der Waals surface area contributed by atoms with E-state index in [0.717, 1.165) is 31.4 Å². The molecule has 0 spiro atoms. The first kappa shape index (κ1) is 12.7. The van der Waals surface area contributed by atoms with E-state index in [2.05, 4.69) is 5.16 Å². The fourth-order valence-corrected chi connectivity index (χ4v) is 2.49. The first-order valence-corrected chi connectivity index (χ1v) is 7.18. The van der Waals surface area contributed by atoms with Crippen molar-refractivity contribution in [3.8, 4) is 0 Å².